The van der Waals surface area contributed by atoms with Gasteiger partial charge < -0.3 is 9.64 Å². The molecule has 1 saturated heterocycles. The van der Waals surface area contributed by atoms with Crippen LogP contribution in [0.4, 0.5) is 0 Å². The summed E-state index contributed by atoms with van der Waals surface area (Å²) in [4.78, 5) is 29.4. The molecule has 0 bridgehead atoms. The summed E-state index contributed by atoms with van der Waals surface area (Å²) in [6.07, 6.45) is 0. The lowest BCUT2D eigenvalue weighted by Crippen LogP contribution is -2.51. The molecule has 0 spiro atoms. The number of aromatic nitrogens is 2. The molecule has 1 aliphatic rings. The zero-order valence-corrected chi connectivity index (χ0v) is 18.8. The topological polar surface area (TPSA) is 67.7 Å². The van der Waals surface area contributed by atoms with Gasteiger partial charge in [-0.1, -0.05) is 48.0 Å². The molecule has 2 aromatic carbocycles. The van der Waals surface area contributed by atoms with Crippen LogP contribution in [0.3, 0.4) is 0 Å². The van der Waals surface area contributed by atoms with Crippen molar-refractivity contribution in [2.75, 3.05) is 33.3 Å². The number of aryl methyl sites for hydroxylation is 1. The summed E-state index contributed by atoms with van der Waals surface area (Å²) in [6.45, 7) is 3.94. The molecule has 0 saturated carbocycles. The number of para-hydroxylation sites is 1. The van der Waals surface area contributed by atoms with Gasteiger partial charge in [0.1, 0.15) is 6.04 Å². The van der Waals surface area contributed by atoms with Crippen LogP contribution in [0.2, 0.25) is 5.02 Å². The Hall–Kier alpha value is -3.16. The number of benzene rings is 2. The third-order valence-corrected chi connectivity index (χ3v) is 6.04. The fourth-order valence-corrected chi connectivity index (χ4v) is 4.28. The number of methoxy groups -OCH3 is 1. The van der Waals surface area contributed by atoms with Crippen molar-refractivity contribution < 1.29 is 14.3 Å². The number of piperazine rings is 1. The van der Waals surface area contributed by atoms with Gasteiger partial charge in [-0.05, 0) is 36.8 Å². The Morgan fingerprint density at radius 1 is 1.00 bits per heavy atom. The first-order valence-corrected chi connectivity index (χ1v) is 10.8. The van der Waals surface area contributed by atoms with Gasteiger partial charge in [-0.15, -0.1) is 0 Å². The average molecular weight is 453 g/mol. The van der Waals surface area contributed by atoms with Crippen LogP contribution >= 0.6 is 11.6 Å². The van der Waals surface area contributed by atoms with E-state index < -0.39 is 6.04 Å². The SMILES string of the molecule is COC(=O)C(c1ccccc1Cl)N1CCN(C(=O)c2cc(C)n(-c3ccccc3)n2)CC1. The number of halogens is 1. The van der Waals surface area contributed by atoms with Crippen LogP contribution in [-0.2, 0) is 9.53 Å². The van der Waals surface area contributed by atoms with Crippen molar-refractivity contribution in [2.45, 2.75) is 13.0 Å². The predicted molar refractivity (Wildman–Crippen MR) is 122 cm³/mol. The minimum atomic E-state index is -0.606. The molecule has 4 rings (SSSR count). The molecule has 1 fully saturated rings. The van der Waals surface area contributed by atoms with Crippen molar-refractivity contribution in [3.05, 3.63) is 82.6 Å². The molecule has 7 nitrogen and oxygen atoms in total. The van der Waals surface area contributed by atoms with E-state index in [9.17, 15) is 9.59 Å². The molecule has 32 heavy (non-hydrogen) atoms. The maximum absolute atomic E-state index is 13.1. The molecule has 0 radical (unpaired) electrons. The lowest BCUT2D eigenvalue weighted by atomic mass is 10.0. The molecule has 166 valence electrons. The van der Waals surface area contributed by atoms with Crippen LogP contribution in [0.5, 0.6) is 0 Å². The fraction of sp³-hybridized carbons (Fsp3) is 0.292. The summed E-state index contributed by atoms with van der Waals surface area (Å²) in [7, 11) is 1.37. The number of carbonyl (C=O) groups excluding carboxylic acids is 2. The quantitative estimate of drug-likeness (QED) is 0.554. The monoisotopic (exact) mass is 452 g/mol. The number of hydrogen-bond acceptors (Lipinski definition) is 5. The van der Waals surface area contributed by atoms with E-state index in [1.165, 1.54) is 7.11 Å². The van der Waals surface area contributed by atoms with Crippen molar-refractivity contribution >= 4 is 23.5 Å². The number of esters is 1. The van der Waals surface area contributed by atoms with Gasteiger partial charge in [-0.3, -0.25) is 9.69 Å². The van der Waals surface area contributed by atoms with E-state index in [2.05, 4.69) is 5.10 Å². The highest BCUT2D eigenvalue weighted by Crippen LogP contribution is 2.29. The van der Waals surface area contributed by atoms with Gasteiger partial charge in [0, 0.05) is 36.9 Å². The molecule has 0 aliphatic carbocycles. The second-order valence-corrected chi connectivity index (χ2v) is 8.10. The van der Waals surface area contributed by atoms with E-state index >= 15 is 0 Å². The fourth-order valence-electron chi connectivity index (χ4n) is 4.04. The van der Waals surface area contributed by atoms with E-state index in [1.807, 2.05) is 66.4 Å². The zero-order chi connectivity index (χ0) is 22.7. The summed E-state index contributed by atoms with van der Waals surface area (Å²) in [5, 5.41) is 5.05. The lowest BCUT2D eigenvalue weighted by molar-refractivity contribution is -0.148. The third kappa shape index (κ3) is 4.40. The van der Waals surface area contributed by atoms with E-state index in [1.54, 1.807) is 15.6 Å². The Bertz CT molecular complexity index is 1110. The third-order valence-electron chi connectivity index (χ3n) is 5.70. The van der Waals surface area contributed by atoms with Crippen LogP contribution in [-0.4, -0.2) is 64.7 Å². The standard InChI is InChI=1S/C24H25ClN4O3/c1-17-16-21(26-29(17)18-8-4-3-5-9-18)23(30)28-14-12-27(13-15-28)22(24(31)32-2)19-10-6-7-11-20(19)25/h3-11,16,22H,12-15H2,1-2H3. The second kappa shape index (κ2) is 9.54. The van der Waals surface area contributed by atoms with Crippen LogP contribution in [0, 0.1) is 6.92 Å². The van der Waals surface area contributed by atoms with Crippen molar-refractivity contribution in [1.82, 2.24) is 19.6 Å². The van der Waals surface area contributed by atoms with Crippen LogP contribution in [0.1, 0.15) is 27.8 Å². The van der Waals surface area contributed by atoms with Gasteiger partial charge in [0.25, 0.3) is 5.91 Å². The molecule has 0 N–H and O–H groups in total. The molecule has 2 heterocycles. The van der Waals surface area contributed by atoms with Gasteiger partial charge >= 0.3 is 5.97 Å². The molecule has 3 aromatic rings. The van der Waals surface area contributed by atoms with Crippen LogP contribution < -0.4 is 0 Å². The summed E-state index contributed by atoms with van der Waals surface area (Å²) in [5.74, 6) is -0.482. The first kappa shape index (κ1) is 22.0. The van der Waals surface area contributed by atoms with Gasteiger partial charge in [0.15, 0.2) is 5.69 Å². The summed E-state index contributed by atoms with van der Waals surface area (Å²) >= 11 is 6.36. The molecule has 1 aromatic heterocycles. The summed E-state index contributed by atoms with van der Waals surface area (Å²) in [5.41, 5.74) is 2.92. The predicted octanol–water partition coefficient (Wildman–Crippen LogP) is 3.51. The van der Waals surface area contributed by atoms with Crippen LogP contribution in [0.25, 0.3) is 5.69 Å². The number of ether oxygens (including phenoxy) is 1. The Kier molecular flexibility index (Phi) is 6.58. The average Bonchev–Trinajstić information content (AvgIpc) is 3.22. The van der Waals surface area contributed by atoms with E-state index in [0.29, 0.717) is 42.5 Å². The minimum Gasteiger partial charge on any atom is -0.468 e. The van der Waals surface area contributed by atoms with Gasteiger partial charge in [-0.2, -0.15) is 5.10 Å². The molecule has 1 aliphatic heterocycles. The first-order chi connectivity index (χ1) is 15.5. The first-order valence-electron chi connectivity index (χ1n) is 10.5. The molecule has 1 atom stereocenters. The normalized spacial score (nSPS) is 15.4. The largest absolute Gasteiger partial charge is 0.468 e. The highest BCUT2D eigenvalue weighted by Gasteiger charge is 2.34. The molecular formula is C24H25ClN4O3. The highest BCUT2D eigenvalue weighted by molar-refractivity contribution is 6.31. The maximum Gasteiger partial charge on any atom is 0.327 e. The highest BCUT2D eigenvalue weighted by atomic mass is 35.5. The van der Waals surface area contributed by atoms with E-state index in [0.717, 1.165) is 11.4 Å². The van der Waals surface area contributed by atoms with Crippen LogP contribution in [0.15, 0.2) is 60.7 Å². The lowest BCUT2D eigenvalue weighted by Gasteiger charge is -2.38. The Labute approximate surface area is 192 Å². The Morgan fingerprint density at radius 3 is 2.31 bits per heavy atom. The Balaban J connectivity index is 1.48. The zero-order valence-electron chi connectivity index (χ0n) is 18.1. The van der Waals surface area contributed by atoms with Gasteiger partial charge in [0.2, 0.25) is 0 Å². The minimum absolute atomic E-state index is 0.116. The Morgan fingerprint density at radius 2 is 1.66 bits per heavy atom. The number of amides is 1. The number of hydrogen-bond donors (Lipinski definition) is 0. The smallest absolute Gasteiger partial charge is 0.327 e. The van der Waals surface area contributed by atoms with Gasteiger partial charge in [0.05, 0.1) is 12.8 Å². The molecule has 8 heteroatoms. The molecule has 1 unspecified atom stereocenters. The molecule has 1 amide bonds. The van der Waals surface area contributed by atoms with Crippen molar-refractivity contribution in [1.29, 1.82) is 0 Å². The van der Waals surface area contributed by atoms with Crippen molar-refractivity contribution in [2.24, 2.45) is 0 Å². The number of carbonyl (C=O) groups is 2. The van der Waals surface area contributed by atoms with Gasteiger partial charge in [-0.25, -0.2) is 9.48 Å². The van der Waals surface area contributed by atoms with E-state index in [4.69, 9.17) is 16.3 Å². The van der Waals surface area contributed by atoms with Crippen molar-refractivity contribution in [3.8, 4) is 5.69 Å². The number of rotatable bonds is 5. The summed E-state index contributed by atoms with van der Waals surface area (Å²) < 4.78 is 6.82. The maximum atomic E-state index is 13.1. The number of nitrogens with zero attached hydrogens (tertiary/aromatic N) is 4. The second-order valence-electron chi connectivity index (χ2n) is 7.69. The molecular weight excluding hydrogens is 428 g/mol. The van der Waals surface area contributed by atoms with Crippen molar-refractivity contribution in [3.63, 3.8) is 0 Å². The summed E-state index contributed by atoms with van der Waals surface area (Å²) in [6, 6.07) is 18.2. The van der Waals surface area contributed by atoms with E-state index in [-0.39, 0.29) is 11.9 Å².